The van der Waals surface area contributed by atoms with Crippen molar-refractivity contribution in [3.63, 3.8) is 0 Å². The molecule has 0 spiro atoms. The number of hydrogen-bond acceptors (Lipinski definition) is 2. The minimum atomic E-state index is 0.0337. The summed E-state index contributed by atoms with van der Waals surface area (Å²) in [6, 6.07) is 0. The number of unbranched alkanes of at least 4 members (excludes halogenated alkanes) is 1. The number of nitrogens with zero attached hydrogens (tertiary/aromatic N) is 2. The molecule has 0 aromatic rings. The van der Waals surface area contributed by atoms with Crippen molar-refractivity contribution in [2.24, 2.45) is 5.10 Å². The van der Waals surface area contributed by atoms with E-state index in [1.54, 1.807) is 0 Å². The van der Waals surface area contributed by atoms with Gasteiger partial charge in [-0.2, -0.15) is 5.10 Å². The van der Waals surface area contributed by atoms with Gasteiger partial charge in [0.2, 0.25) is 0 Å². The molecule has 0 radical (unpaired) electrons. The maximum Gasteiger partial charge on any atom is 0.0543 e. The van der Waals surface area contributed by atoms with E-state index in [2.05, 4.69) is 45.6 Å². The predicted octanol–water partition coefficient (Wildman–Crippen LogP) is 3.02. The van der Waals surface area contributed by atoms with Gasteiger partial charge in [0.1, 0.15) is 0 Å². The molecule has 2 heteroatoms. The van der Waals surface area contributed by atoms with Gasteiger partial charge in [-0.3, -0.25) is 5.01 Å². The Labute approximate surface area is 76.0 Å². The van der Waals surface area contributed by atoms with Crippen LogP contribution in [0, 0.1) is 0 Å². The summed E-state index contributed by atoms with van der Waals surface area (Å²) in [5, 5.41) is 5.81. The van der Waals surface area contributed by atoms with Gasteiger partial charge in [-0.05, 0) is 27.2 Å². The summed E-state index contributed by atoms with van der Waals surface area (Å²) in [5.41, 5.74) is 0.0337. The van der Waals surface area contributed by atoms with E-state index in [4.69, 9.17) is 0 Å². The fraction of sp³-hybridized carbons (Fsp3) is 0.700. The molecule has 0 saturated carbocycles. The fourth-order valence-corrected chi connectivity index (χ4v) is 0.824. The van der Waals surface area contributed by atoms with Crippen molar-refractivity contribution < 1.29 is 0 Å². The molecule has 0 aliphatic rings. The van der Waals surface area contributed by atoms with Crippen LogP contribution in [0.25, 0.3) is 0 Å². The topological polar surface area (TPSA) is 15.6 Å². The van der Waals surface area contributed by atoms with Crippen LogP contribution in [0.15, 0.2) is 17.4 Å². The van der Waals surface area contributed by atoms with Gasteiger partial charge < -0.3 is 0 Å². The van der Waals surface area contributed by atoms with E-state index in [1.165, 1.54) is 6.42 Å². The summed E-state index contributed by atoms with van der Waals surface area (Å²) >= 11 is 0. The second kappa shape index (κ2) is 4.96. The zero-order valence-electron chi connectivity index (χ0n) is 8.67. The molecule has 0 bridgehead atoms. The molecule has 0 fully saturated rings. The van der Waals surface area contributed by atoms with E-state index in [0.717, 1.165) is 6.42 Å². The third-order valence-corrected chi connectivity index (χ3v) is 1.54. The summed E-state index contributed by atoms with van der Waals surface area (Å²) in [7, 11) is 0. The standard InChI is InChI=1S/C10H20N2/c1-6-7-8-9-12(11-5)10(2,3)4/h8-9H,5-7H2,1-4H3/b9-8-. The van der Waals surface area contributed by atoms with Gasteiger partial charge in [0.15, 0.2) is 0 Å². The van der Waals surface area contributed by atoms with Gasteiger partial charge in [-0.1, -0.05) is 19.4 Å². The van der Waals surface area contributed by atoms with Gasteiger partial charge in [0, 0.05) is 12.9 Å². The van der Waals surface area contributed by atoms with Crippen LogP contribution in [0.3, 0.4) is 0 Å². The van der Waals surface area contributed by atoms with E-state index >= 15 is 0 Å². The molecule has 0 aromatic heterocycles. The van der Waals surface area contributed by atoms with Gasteiger partial charge in [0.05, 0.1) is 5.54 Å². The SMILES string of the molecule is C=NN(/C=C\CCC)C(C)(C)C. The van der Waals surface area contributed by atoms with Crippen molar-refractivity contribution in [1.82, 2.24) is 5.01 Å². The second-order valence-corrected chi connectivity index (χ2v) is 3.83. The molecule has 12 heavy (non-hydrogen) atoms. The molecule has 0 atom stereocenters. The Morgan fingerprint density at radius 3 is 2.33 bits per heavy atom. The highest BCUT2D eigenvalue weighted by Crippen LogP contribution is 2.13. The minimum absolute atomic E-state index is 0.0337. The smallest absolute Gasteiger partial charge is 0.0543 e. The van der Waals surface area contributed by atoms with Gasteiger partial charge in [-0.15, -0.1) is 0 Å². The first-order chi connectivity index (χ1) is 5.52. The molecule has 0 aliphatic heterocycles. The van der Waals surface area contributed by atoms with Crippen LogP contribution in [0.4, 0.5) is 0 Å². The largest absolute Gasteiger partial charge is 0.268 e. The Balaban J connectivity index is 4.09. The van der Waals surface area contributed by atoms with E-state index in [1.807, 2.05) is 11.2 Å². The van der Waals surface area contributed by atoms with Gasteiger partial charge >= 0.3 is 0 Å². The van der Waals surface area contributed by atoms with Crippen LogP contribution in [0.5, 0.6) is 0 Å². The molecule has 0 N–H and O–H groups in total. The summed E-state index contributed by atoms with van der Waals surface area (Å²) in [6.45, 7) is 12.0. The van der Waals surface area contributed by atoms with Crippen LogP contribution < -0.4 is 0 Å². The Hall–Kier alpha value is -0.790. The Bertz CT molecular complexity index is 154. The summed E-state index contributed by atoms with van der Waals surface area (Å²) < 4.78 is 0. The van der Waals surface area contributed by atoms with Gasteiger partial charge in [-0.25, -0.2) is 0 Å². The zero-order valence-corrected chi connectivity index (χ0v) is 8.67. The van der Waals surface area contributed by atoms with E-state index in [9.17, 15) is 0 Å². The third kappa shape index (κ3) is 4.16. The molecular weight excluding hydrogens is 148 g/mol. The number of allylic oxidation sites excluding steroid dienone is 1. The maximum absolute atomic E-state index is 3.93. The molecule has 0 heterocycles. The van der Waals surface area contributed by atoms with Crippen molar-refractivity contribution in [3.8, 4) is 0 Å². The van der Waals surface area contributed by atoms with E-state index in [-0.39, 0.29) is 5.54 Å². The first-order valence-electron chi connectivity index (χ1n) is 4.45. The molecular formula is C10H20N2. The van der Waals surface area contributed by atoms with Crippen LogP contribution in [-0.2, 0) is 0 Å². The first kappa shape index (κ1) is 11.2. The van der Waals surface area contributed by atoms with Crippen molar-refractivity contribution in [1.29, 1.82) is 0 Å². The summed E-state index contributed by atoms with van der Waals surface area (Å²) in [6.07, 6.45) is 6.39. The first-order valence-corrected chi connectivity index (χ1v) is 4.45. The third-order valence-electron chi connectivity index (χ3n) is 1.54. The van der Waals surface area contributed by atoms with Gasteiger partial charge in [0.25, 0.3) is 0 Å². The quantitative estimate of drug-likeness (QED) is 0.465. The highest BCUT2D eigenvalue weighted by atomic mass is 15.5. The molecule has 2 nitrogen and oxygen atoms in total. The molecule has 70 valence electrons. The summed E-state index contributed by atoms with van der Waals surface area (Å²) in [5.74, 6) is 0. The number of rotatable bonds is 4. The lowest BCUT2D eigenvalue weighted by Crippen LogP contribution is -2.32. The van der Waals surface area contributed by atoms with Crippen molar-refractivity contribution in [3.05, 3.63) is 12.3 Å². The van der Waals surface area contributed by atoms with E-state index in [0.29, 0.717) is 0 Å². The Morgan fingerprint density at radius 2 is 2.00 bits per heavy atom. The fourth-order valence-electron chi connectivity index (χ4n) is 0.824. The lowest BCUT2D eigenvalue weighted by atomic mass is 10.1. The van der Waals surface area contributed by atoms with Crippen LogP contribution in [0.1, 0.15) is 40.5 Å². The lowest BCUT2D eigenvalue weighted by Gasteiger charge is -2.29. The zero-order chi connectivity index (χ0) is 9.61. The molecule has 0 rings (SSSR count). The monoisotopic (exact) mass is 168 g/mol. The molecule has 0 amide bonds. The highest BCUT2D eigenvalue weighted by molar-refractivity contribution is 5.23. The van der Waals surface area contributed by atoms with Crippen LogP contribution in [0.2, 0.25) is 0 Å². The second-order valence-electron chi connectivity index (χ2n) is 3.83. The van der Waals surface area contributed by atoms with E-state index < -0.39 is 0 Å². The molecule has 0 saturated heterocycles. The molecule has 0 aromatic carbocycles. The van der Waals surface area contributed by atoms with Crippen LogP contribution >= 0.6 is 0 Å². The van der Waals surface area contributed by atoms with Crippen molar-refractivity contribution in [2.75, 3.05) is 0 Å². The average molecular weight is 168 g/mol. The molecule has 0 unspecified atom stereocenters. The van der Waals surface area contributed by atoms with Crippen molar-refractivity contribution in [2.45, 2.75) is 46.1 Å². The number of hydrazone groups is 1. The average Bonchev–Trinajstić information content (AvgIpc) is 1.95. The Morgan fingerprint density at radius 1 is 1.42 bits per heavy atom. The Kier molecular flexibility index (Phi) is 4.64. The minimum Gasteiger partial charge on any atom is -0.268 e. The number of hydrogen-bond donors (Lipinski definition) is 0. The van der Waals surface area contributed by atoms with Crippen LogP contribution in [-0.4, -0.2) is 17.3 Å². The normalized spacial score (nSPS) is 12.0. The highest BCUT2D eigenvalue weighted by Gasteiger charge is 2.15. The van der Waals surface area contributed by atoms with Crippen molar-refractivity contribution >= 4 is 6.72 Å². The molecule has 0 aliphatic carbocycles. The predicted molar refractivity (Wildman–Crippen MR) is 55.2 cm³/mol. The maximum atomic E-state index is 3.93. The lowest BCUT2D eigenvalue weighted by molar-refractivity contribution is 0.216. The summed E-state index contributed by atoms with van der Waals surface area (Å²) in [4.78, 5) is 0.